The lowest BCUT2D eigenvalue weighted by atomic mass is 9.95. The smallest absolute Gasteiger partial charge is 0.306 e. The van der Waals surface area contributed by atoms with Crippen molar-refractivity contribution in [3.8, 4) is 0 Å². The molecular weight excluding hydrogens is 244 g/mol. The fourth-order valence-electron chi connectivity index (χ4n) is 2.10. The van der Waals surface area contributed by atoms with Gasteiger partial charge in [0.1, 0.15) is 0 Å². The van der Waals surface area contributed by atoms with Gasteiger partial charge in [0, 0.05) is 0 Å². The van der Waals surface area contributed by atoms with E-state index in [9.17, 15) is 9.59 Å². The van der Waals surface area contributed by atoms with Gasteiger partial charge in [0.05, 0.1) is 26.1 Å². The van der Waals surface area contributed by atoms with Crippen molar-refractivity contribution >= 4 is 11.9 Å². The molecular formula is C15H28O4. The molecule has 0 aliphatic rings. The van der Waals surface area contributed by atoms with E-state index in [2.05, 4.69) is 13.8 Å². The molecule has 0 bridgehead atoms. The van der Waals surface area contributed by atoms with Crippen LogP contribution in [-0.2, 0) is 19.1 Å². The van der Waals surface area contributed by atoms with E-state index < -0.39 is 0 Å². The van der Waals surface area contributed by atoms with E-state index in [1.807, 2.05) is 0 Å². The summed E-state index contributed by atoms with van der Waals surface area (Å²) in [6.45, 7) is 6.91. The van der Waals surface area contributed by atoms with Gasteiger partial charge in [-0.15, -0.1) is 0 Å². The molecule has 0 atom stereocenters. The minimum Gasteiger partial charge on any atom is -0.466 e. The maximum absolute atomic E-state index is 11.4. The molecule has 0 amide bonds. The molecule has 0 radical (unpaired) electrons. The zero-order valence-electron chi connectivity index (χ0n) is 12.6. The molecule has 0 spiro atoms. The minimum atomic E-state index is -0.339. The second kappa shape index (κ2) is 12.0. The van der Waals surface area contributed by atoms with Crippen molar-refractivity contribution in [3.05, 3.63) is 0 Å². The monoisotopic (exact) mass is 272 g/mol. The highest BCUT2D eigenvalue weighted by atomic mass is 16.5. The van der Waals surface area contributed by atoms with Crippen molar-refractivity contribution in [2.24, 2.45) is 5.92 Å². The first kappa shape index (κ1) is 17.9. The lowest BCUT2D eigenvalue weighted by molar-refractivity contribution is -0.150. The molecule has 0 aromatic heterocycles. The van der Waals surface area contributed by atoms with Crippen LogP contribution in [0.4, 0.5) is 0 Å². The van der Waals surface area contributed by atoms with Gasteiger partial charge in [-0.05, 0) is 19.3 Å². The molecule has 0 N–H and O–H groups in total. The highest BCUT2D eigenvalue weighted by Gasteiger charge is 2.11. The minimum absolute atomic E-state index is 0.111. The summed E-state index contributed by atoms with van der Waals surface area (Å²) in [6.07, 6.45) is 5.86. The van der Waals surface area contributed by atoms with Crippen LogP contribution < -0.4 is 0 Å². The number of esters is 2. The molecule has 0 fully saturated rings. The number of rotatable bonds is 11. The van der Waals surface area contributed by atoms with E-state index >= 15 is 0 Å². The van der Waals surface area contributed by atoms with Crippen molar-refractivity contribution in [2.45, 2.75) is 65.7 Å². The van der Waals surface area contributed by atoms with Gasteiger partial charge >= 0.3 is 11.9 Å². The first-order valence-electron chi connectivity index (χ1n) is 7.45. The average molecular weight is 272 g/mol. The standard InChI is InChI=1S/C15H28O4/c1-4-7-13(8-5-2)11-12-19-15(17)10-9-14(16)18-6-3/h13H,4-12H2,1-3H3. The molecule has 4 nitrogen and oxygen atoms in total. The first-order valence-corrected chi connectivity index (χ1v) is 7.45. The summed E-state index contributed by atoms with van der Waals surface area (Å²) in [6, 6.07) is 0. The summed E-state index contributed by atoms with van der Waals surface area (Å²) in [5, 5.41) is 0. The van der Waals surface area contributed by atoms with Crippen molar-refractivity contribution in [1.82, 2.24) is 0 Å². The van der Waals surface area contributed by atoms with Crippen molar-refractivity contribution in [3.63, 3.8) is 0 Å². The normalized spacial score (nSPS) is 10.5. The lowest BCUT2D eigenvalue weighted by Crippen LogP contribution is -2.12. The number of hydrogen-bond donors (Lipinski definition) is 0. The SMILES string of the molecule is CCCC(CCC)CCOC(=O)CCC(=O)OCC. The van der Waals surface area contributed by atoms with Gasteiger partial charge in [0.2, 0.25) is 0 Å². The van der Waals surface area contributed by atoms with Crippen LogP contribution in [0.3, 0.4) is 0 Å². The van der Waals surface area contributed by atoms with Crippen LogP contribution >= 0.6 is 0 Å². The third-order valence-electron chi connectivity index (χ3n) is 3.02. The molecule has 0 aromatic rings. The summed E-state index contributed by atoms with van der Waals surface area (Å²) in [7, 11) is 0. The molecule has 0 rings (SSSR count). The molecule has 19 heavy (non-hydrogen) atoms. The predicted molar refractivity (Wildman–Crippen MR) is 74.7 cm³/mol. The summed E-state index contributed by atoms with van der Waals surface area (Å²) in [5.74, 6) is 0.00180. The molecule has 112 valence electrons. The van der Waals surface area contributed by atoms with Crippen molar-refractivity contribution in [2.75, 3.05) is 13.2 Å². The molecule has 0 aliphatic heterocycles. The number of carbonyl (C=O) groups excluding carboxylic acids is 2. The molecule has 0 aromatic carbocycles. The van der Waals surface area contributed by atoms with Gasteiger partial charge in [-0.25, -0.2) is 0 Å². The first-order chi connectivity index (χ1) is 9.13. The van der Waals surface area contributed by atoms with Gasteiger partial charge in [0.15, 0.2) is 0 Å². The molecule has 4 heteroatoms. The van der Waals surface area contributed by atoms with Crippen molar-refractivity contribution < 1.29 is 19.1 Å². The van der Waals surface area contributed by atoms with Crippen LogP contribution in [0, 0.1) is 5.92 Å². The van der Waals surface area contributed by atoms with Crippen LogP contribution in [0.5, 0.6) is 0 Å². The van der Waals surface area contributed by atoms with Crippen LogP contribution in [0.25, 0.3) is 0 Å². The zero-order chi connectivity index (χ0) is 14.5. The number of carbonyl (C=O) groups is 2. The van der Waals surface area contributed by atoms with E-state index in [4.69, 9.17) is 9.47 Å². The fraction of sp³-hybridized carbons (Fsp3) is 0.867. The quantitative estimate of drug-likeness (QED) is 0.540. The Morgan fingerprint density at radius 1 is 0.842 bits per heavy atom. The van der Waals surface area contributed by atoms with E-state index in [0.717, 1.165) is 6.42 Å². The summed E-state index contributed by atoms with van der Waals surface area (Å²) in [4.78, 5) is 22.5. The Bertz CT molecular complexity index is 245. The van der Waals surface area contributed by atoms with Crippen LogP contribution in [0.15, 0.2) is 0 Å². The highest BCUT2D eigenvalue weighted by molar-refractivity contribution is 5.77. The zero-order valence-corrected chi connectivity index (χ0v) is 12.6. The lowest BCUT2D eigenvalue weighted by Gasteiger charge is -2.14. The summed E-state index contributed by atoms with van der Waals surface area (Å²) in [5.41, 5.74) is 0. The van der Waals surface area contributed by atoms with Gasteiger partial charge in [-0.2, -0.15) is 0 Å². The second-order valence-corrected chi connectivity index (χ2v) is 4.76. The van der Waals surface area contributed by atoms with E-state index in [1.54, 1.807) is 6.92 Å². The Morgan fingerprint density at radius 3 is 1.84 bits per heavy atom. The maximum atomic E-state index is 11.4. The van der Waals surface area contributed by atoms with Crippen LogP contribution in [-0.4, -0.2) is 25.2 Å². The third-order valence-corrected chi connectivity index (χ3v) is 3.02. The number of ether oxygens (including phenoxy) is 2. The van der Waals surface area contributed by atoms with E-state index in [1.165, 1.54) is 25.7 Å². The highest BCUT2D eigenvalue weighted by Crippen LogP contribution is 2.17. The largest absolute Gasteiger partial charge is 0.466 e. The van der Waals surface area contributed by atoms with Gasteiger partial charge < -0.3 is 9.47 Å². The molecule has 0 heterocycles. The molecule has 0 saturated heterocycles. The van der Waals surface area contributed by atoms with E-state index in [-0.39, 0.29) is 24.8 Å². The Morgan fingerprint density at radius 2 is 1.37 bits per heavy atom. The topological polar surface area (TPSA) is 52.6 Å². The average Bonchev–Trinajstić information content (AvgIpc) is 2.37. The Balaban J connectivity index is 3.68. The maximum Gasteiger partial charge on any atom is 0.306 e. The predicted octanol–water partition coefficient (Wildman–Crippen LogP) is 3.48. The van der Waals surface area contributed by atoms with Gasteiger partial charge in [0.25, 0.3) is 0 Å². The van der Waals surface area contributed by atoms with E-state index in [0.29, 0.717) is 19.1 Å². The van der Waals surface area contributed by atoms with Gasteiger partial charge in [-0.1, -0.05) is 39.5 Å². The Hall–Kier alpha value is -1.06. The molecule has 0 unspecified atom stereocenters. The second-order valence-electron chi connectivity index (χ2n) is 4.76. The summed E-state index contributed by atoms with van der Waals surface area (Å²) >= 11 is 0. The van der Waals surface area contributed by atoms with Gasteiger partial charge in [-0.3, -0.25) is 9.59 Å². The summed E-state index contributed by atoms with van der Waals surface area (Å²) < 4.78 is 9.90. The molecule has 0 saturated carbocycles. The Kier molecular flexibility index (Phi) is 11.3. The Labute approximate surface area is 116 Å². The van der Waals surface area contributed by atoms with Crippen LogP contribution in [0.1, 0.15) is 65.7 Å². The fourth-order valence-corrected chi connectivity index (χ4v) is 2.10. The molecule has 0 aliphatic carbocycles. The third kappa shape index (κ3) is 10.5. The van der Waals surface area contributed by atoms with Crippen molar-refractivity contribution in [1.29, 1.82) is 0 Å². The van der Waals surface area contributed by atoms with Crippen LogP contribution in [0.2, 0.25) is 0 Å². The number of hydrogen-bond acceptors (Lipinski definition) is 4.